The van der Waals surface area contributed by atoms with Gasteiger partial charge in [0.05, 0.1) is 24.0 Å². The smallest absolute Gasteiger partial charge is 0.416 e. The Hall–Kier alpha value is -4.67. The fourth-order valence-electron chi connectivity index (χ4n) is 4.09. The summed E-state index contributed by atoms with van der Waals surface area (Å²) in [4.78, 5) is 21.7. The molecule has 220 valence electrons. The minimum absolute atomic E-state index is 0.128. The Labute approximate surface area is 235 Å². The van der Waals surface area contributed by atoms with Crippen LogP contribution in [0.2, 0.25) is 0 Å². The van der Waals surface area contributed by atoms with Gasteiger partial charge in [0, 0.05) is 0 Å². The lowest BCUT2D eigenvalue weighted by molar-refractivity contribution is -0.138. The maximum absolute atomic E-state index is 13.2. The summed E-state index contributed by atoms with van der Waals surface area (Å²) in [5.41, 5.74) is 1.57. The average molecular weight is 593 g/mol. The van der Waals surface area contributed by atoms with Crippen molar-refractivity contribution in [2.45, 2.75) is 32.1 Å². The summed E-state index contributed by atoms with van der Waals surface area (Å²) in [7, 11) is 0. The molecule has 11 heteroatoms. The summed E-state index contributed by atoms with van der Waals surface area (Å²) < 4.78 is 89.1. The molecule has 0 atom stereocenters. The van der Waals surface area contributed by atoms with E-state index in [1.54, 1.807) is 6.07 Å². The Morgan fingerprint density at radius 3 is 1.45 bits per heavy atom. The molecule has 0 fully saturated rings. The zero-order valence-electron chi connectivity index (χ0n) is 21.9. The molecule has 0 radical (unpaired) electrons. The topological polar surface area (TPSA) is 74.6 Å². The number of aryl methyl sites for hydroxylation is 1. The van der Waals surface area contributed by atoms with Crippen molar-refractivity contribution in [3.8, 4) is 22.3 Å². The van der Waals surface area contributed by atoms with Gasteiger partial charge in [0.2, 0.25) is 0 Å². The predicted octanol–water partition coefficient (Wildman–Crippen LogP) is 8.45. The number of carboxylic acids is 2. The summed E-state index contributed by atoms with van der Waals surface area (Å²) in [6, 6.07) is 18.3. The Kier molecular flexibility index (Phi) is 9.77. The van der Waals surface area contributed by atoms with Crippen molar-refractivity contribution in [2.24, 2.45) is 0 Å². The molecule has 0 saturated heterocycles. The maximum Gasteiger partial charge on any atom is 0.416 e. The minimum Gasteiger partial charge on any atom is -0.481 e. The highest BCUT2D eigenvalue weighted by atomic mass is 19.4. The van der Waals surface area contributed by atoms with Crippen LogP contribution in [0.5, 0.6) is 0 Å². The highest BCUT2D eigenvalue weighted by Gasteiger charge is 2.32. The first-order valence-corrected chi connectivity index (χ1v) is 12.2. The molecule has 4 aromatic rings. The van der Waals surface area contributed by atoms with Gasteiger partial charge in [-0.05, 0) is 76.7 Å². The minimum atomic E-state index is -4.65. The molecular formula is C31H23F7O4. The first kappa shape index (κ1) is 31.9. The van der Waals surface area contributed by atoms with Gasteiger partial charge in [0.1, 0.15) is 5.82 Å². The van der Waals surface area contributed by atoms with Gasteiger partial charge in [-0.15, -0.1) is 0 Å². The number of carbonyl (C=O) groups is 2. The Balaban J connectivity index is 0.000000240. The quantitative estimate of drug-likeness (QED) is 0.220. The molecule has 0 saturated carbocycles. The van der Waals surface area contributed by atoms with Gasteiger partial charge in [0.25, 0.3) is 0 Å². The molecule has 0 aliphatic carbocycles. The van der Waals surface area contributed by atoms with Crippen LogP contribution in [0.15, 0.2) is 84.9 Å². The average Bonchev–Trinajstić information content (AvgIpc) is 2.88. The van der Waals surface area contributed by atoms with Crippen molar-refractivity contribution < 1.29 is 50.5 Å². The largest absolute Gasteiger partial charge is 0.481 e. The number of carboxylic acid groups (broad SMARTS) is 2. The fraction of sp³-hybridized carbons (Fsp3) is 0.161. The van der Waals surface area contributed by atoms with E-state index in [1.165, 1.54) is 12.1 Å². The molecule has 0 aliphatic rings. The number of alkyl halides is 6. The predicted molar refractivity (Wildman–Crippen MR) is 141 cm³/mol. The number of hydrogen-bond acceptors (Lipinski definition) is 2. The lowest BCUT2D eigenvalue weighted by Gasteiger charge is -2.14. The Morgan fingerprint density at radius 1 is 0.595 bits per heavy atom. The molecular weight excluding hydrogens is 569 g/mol. The summed E-state index contributed by atoms with van der Waals surface area (Å²) in [5, 5.41) is 17.7. The summed E-state index contributed by atoms with van der Waals surface area (Å²) >= 11 is 0. The third-order valence-corrected chi connectivity index (χ3v) is 6.07. The molecule has 0 unspecified atom stereocenters. The fourth-order valence-corrected chi connectivity index (χ4v) is 4.09. The molecule has 2 N–H and O–H groups in total. The molecule has 4 aromatic carbocycles. The van der Waals surface area contributed by atoms with Gasteiger partial charge in [0.15, 0.2) is 0 Å². The van der Waals surface area contributed by atoms with Gasteiger partial charge in [-0.1, -0.05) is 54.1 Å². The normalized spacial score (nSPS) is 11.4. The van der Waals surface area contributed by atoms with E-state index in [4.69, 9.17) is 10.2 Å². The lowest BCUT2D eigenvalue weighted by Crippen LogP contribution is -2.09. The van der Waals surface area contributed by atoms with Gasteiger partial charge in [-0.3, -0.25) is 9.59 Å². The Morgan fingerprint density at radius 2 is 1.00 bits per heavy atom. The van der Waals surface area contributed by atoms with Gasteiger partial charge in [-0.25, -0.2) is 4.39 Å². The van der Waals surface area contributed by atoms with Crippen molar-refractivity contribution in [2.75, 3.05) is 0 Å². The molecule has 42 heavy (non-hydrogen) atoms. The SMILES string of the molecule is Cc1ccc(-c2ccc(F)cc2CC(=O)O)cc1.O=C(O)Cc1cc(C(F)(F)F)ccc1-c1ccc(C(F)(F)F)cc1. The summed E-state index contributed by atoms with van der Waals surface area (Å²) in [6.45, 7) is 1.98. The second kappa shape index (κ2) is 12.9. The third kappa shape index (κ3) is 8.66. The second-order valence-electron chi connectivity index (χ2n) is 9.25. The molecule has 0 amide bonds. The zero-order valence-corrected chi connectivity index (χ0v) is 21.9. The van der Waals surface area contributed by atoms with E-state index in [0.717, 1.165) is 53.1 Å². The van der Waals surface area contributed by atoms with Crippen molar-refractivity contribution in [1.29, 1.82) is 0 Å². The van der Waals surface area contributed by atoms with Gasteiger partial charge in [-0.2, -0.15) is 26.3 Å². The number of benzene rings is 4. The number of hydrogen-bond donors (Lipinski definition) is 2. The third-order valence-electron chi connectivity index (χ3n) is 6.07. The molecule has 0 aromatic heterocycles. The molecule has 0 aliphatic heterocycles. The molecule has 0 bridgehead atoms. The van der Waals surface area contributed by atoms with Crippen LogP contribution in [0, 0.1) is 12.7 Å². The molecule has 4 rings (SSSR count). The van der Waals surface area contributed by atoms with Crippen molar-refractivity contribution in [3.05, 3.63) is 119 Å². The first-order valence-electron chi connectivity index (χ1n) is 12.2. The van der Waals surface area contributed by atoms with E-state index in [1.807, 2.05) is 31.2 Å². The molecule has 0 heterocycles. The van der Waals surface area contributed by atoms with E-state index in [0.29, 0.717) is 11.6 Å². The standard InChI is InChI=1S/C16H10F6O2.C15H13FO2/c17-15(18,19)11-3-1-9(2-4-11)13-6-5-12(16(20,21)22)7-10(13)8-14(23)24;1-10-2-4-11(5-3-10)14-7-6-13(16)8-12(14)9-15(17)18/h1-7H,8H2,(H,23,24);2-8H,9H2,1H3,(H,17,18). The second-order valence-corrected chi connectivity index (χ2v) is 9.25. The van der Waals surface area contributed by atoms with Crippen molar-refractivity contribution in [1.82, 2.24) is 0 Å². The van der Waals surface area contributed by atoms with Crippen LogP contribution in [0.3, 0.4) is 0 Å². The lowest BCUT2D eigenvalue weighted by atomic mass is 9.94. The van der Waals surface area contributed by atoms with E-state index >= 15 is 0 Å². The number of rotatable bonds is 6. The number of aliphatic carboxylic acids is 2. The molecule has 4 nitrogen and oxygen atoms in total. The Bertz CT molecular complexity index is 1560. The highest BCUT2D eigenvalue weighted by molar-refractivity contribution is 5.78. The maximum atomic E-state index is 13.2. The van der Waals surface area contributed by atoms with E-state index in [-0.39, 0.29) is 23.1 Å². The van der Waals surface area contributed by atoms with E-state index in [2.05, 4.69) is 0 Å². The van der Waals surface area contributed by atoms with Crippen LogP contribution in [0.1, 0.15) is 27.8 Å². The van der Waals surface area contributed by atoms with Crippen molar-refractivity contribution in [3.63, 3.8) is 0 Å². The van der Waals surface area contributed by atoms with Crippen LogP contribution in [-0.4, -0.2) is 22.2 Å². The van der Waals surface area contributed by atoms with E-state index in [9.17, 15) is 40.3 Å². The van der Waals surface area contributed by atoms with Crippen LogP contribution < -0.4 is 0 Å². The molecule has 0 spiro atoms. The first-order chi connectivity index (χ1) is 19.5. The van der Waals surface area contributed by atoms with E-state index < -0.39 is 47.7 Å². The van der Waals surface area contributed by atoms with Crippen molar-refractivity contribution >= 4 is 11.9 Å². The number of halogens is 7. The highest BCUT2D eigenvalue weighted by Crippen LogP contribution is 2.35. The van der Waals surface area contributed by atoms with Crippen LogP contribution in [0.4, 0.5) is 30.7 Å². The summed E-state index contributed by atoms with van der Waals surface area (Å²) in [5.74, 6) is -2.72. The van der Waals surface area contributed by atoms with Crippen LogP contribution in [0.25, 0.3) is 22.3 Å². The zero-order chi connectivity index (χ0) is 31.2. The van der Waals surface area contributed by atoms with Gasteiger partial charge >= 0.3 is 24.3 Å². The van der Waals surface area contributed by atoms with Crippen LogP contribution >= 0.6 is 0 Å². The summed E-state index contributed by atoms with van der Waals surface area (Å²) in [6.07, 6.45) is -10.0. The van der Waals surface area contributed by atoms with Gasteiger partial charge < -0.3 is 10.2 Å². The monoisotopic (exact) mass is 592 g/mol. The van der Waals surface area contributed by atoms with Crippen LogP contribution in [-0.2, 0) is 34.8 Å².